The molecule has 0 fully saturated rings. The van der Waals surface area contributed by atoms with Gasteiger partial charge in [-0.25, -0.2) is 9.78 Å². The predicted molar refractivity (Wildman–Crippen MR) is 185 cm³/mol. The average Bonchev–Trinajstić information content (AvgIpc) is 3.06. The number of benzene rings is 2. The van der Waals surface area contributed by atoms with Crippen molar-refractivity contribution >= 4 is 28.4 Å². The van der Waals surface area contributed by atoms with E-state index in [9.17, 15) is 9.59 Å². The molecule has 2 N–H and O–H groups in total. The van der Waals surface area contributed by atoms with Crippen LogP contribution in [0.4, 0.5) is 16.2 Å². The van der Waals surface area contributed by atoms with Crippen molar-refractivity contribution in [3.8, 4) is 29.2 Å². The standard InChI is InChI=1S/C38H39N5O3/c1-6-7-8-21-43-36-32(18-12-20-40-36)33(28-14-9-15-29(22-28)46-24-27-13-11-19-39-23-27)35(37(43)44)42-38(45)41-34-30(25(2)3)16-10-17-31(34)26(4)5/h1,9-20,22-23,25-26H,7-8,21,24H2,2-5H3,(H2,41,42,45). The molecule has 0 aliphatic rings. The minimum absolute atomic E-state index is 0.149. The third-order valence-electron chi connectivity index (χ3n) is 7.82. The molecule has 0 radical (unpaired) electrons. The van der Waals surface area contributed by atoms with Gasteiger partial charge < -0.3 is 15.4 Å². The average molecular weight is 614 g/mol. The number of ether oxygens (including phenoxy) is 1. The van der Waals surface area contributed by atoms with Gasteiger partial charge in [0, 0.05) is 53.8 Å². The number of para-hydroxylation sites is 1. The van der Waals surface area contributed by atoms with Crippen LogP contribution in [0.5, 0.6) is 5.75 Å². The monoisotopic (exact) mass is 613 g/mol. The Hall–Kier alpha value is -5.42. The Bertz CT molecular complexity index is 1910. The molecule has 0 bridgehead atoms. The minimum atomic E-state index is -0.504. The number of unbranched alkanes of at least 4 members (excludes halogenated alkanes) is 1. The lowest BCUT2D eigenvalue weighted by Gasteiger charge is -2.22. The highest BCUT2D eigenvalue weighted by Crippen LogP contribution is 2.36. The highest BCUT2D eigenvalue weighted by molar-refractivity contribution is 6.07. The van der Waals surface area contributed by atoms with Gasteiger partial charge in [0.05, 0.1) is 0 Å². The summed E-state index contributed by atoms with van der Waals surface area (Å²) in [5.74, 6) is 3.61. The van der Waals surface area contributed by atoms with Crippen LogP contribution >= 0.6 is 0 Å². The van der Waals surface area contributed by atoms with E-state index >= 15 is 0 Å². The first-order valence-electron chi connectivity index (χ1n) is 15.6. The van der Waals surface area contributed by atoms with Gasteiger partial charge in [0.25, 0.3) is 5.56 Å². The molecule has 0 unspecified atom stereocenters. The lowest BCUT2D eigenvalue weighted by molar-refractivity contribution is 0.262. The number of aryl methyl sites for hydroxylation is 1. The van der Waals surface area contributed by atoms with E-state index in [2.05, 4.69) is 54.2 Å². The molecule has 0 saturated heterocycles. The van der Waals surface area contributed by atoms with Crippen LogP contribution < -0.4 is 20.9 Å². The van der Waals surface area contributed by atoms with Crippen molar-refractivity contribution in [2.75, 3.05) is 10.6 Å². The lowest BCUT2D eigenvalue weighted by atomic mass is 9.93. The van der Waals surface area contributed by atoms with Crippen molar-refractivity contribution in [3.63, 3.8) is 0 Å². The van der Waals surface area contributed by atoms with Crippen LogP contribution in [0, 0.1) is 12.3 Å². The molecular weight excluding hydrogens is 574 g/mol. The number of carbonyl (C=O) groups is 1. The molecule has 5 rings (SSSR count). The van der Waals surface area contributed by atoms with E-state index in [1.165, 1.54) is 0 Å². The Morgan fingerprint density at radius 1 is 0.935 bits per heavy atom. The summed E-state index contributed by atoms with van der Waals surface area (Å²) in [5, 5.41) is 6.77. The van der Waals surface area contributed by atoms with E-state index in [-0.39, 0.29) is 23.1 Å². The van der Waals surface area contributed by atoms with Crippen molar-refractivity contribution in [2.45, 2.75) is 65.5 Å². The largest absolute Gasteiger partial charge is 0.489 e. The minimum Gasteiger partial charge on any atom is -0.489 e. The van der Waals surface area contributed by atoms with E-state index in [1.807, 2.05) is 66.7 Å². The number of nitrogens with zero attached hydrogens (tertiary/aromatic N) is 3. The molecule has 234 valence electrons. The van der Waals surface area contributed by atoms with Crippen molar-refractivity contribution < 1.29 is 9.53 Å². The SMILES string of the molecule is C#CCCCn1c(=O)c(NC(=O)Nc2c(C(C)C)cccc2C(C)C)c(-c2cccc(OCc3cccnc3)c2)c2cccnc21. The molecule has 3 aromatic heterocycles. The van der Waals surface area contributed by atoms with Gasteiger partial charge >= 0.3 is 6.03 Å². The molecule has 8 heteroatoms. The highest BCUT2D eigenvalue weighted by Gasteiger charge is 2.23. The fraction of sp³-hybridized carbons (Fsp3) is 0.263. The molecule has 0 atom stereocenters. The van der Waals surface area contributed by atoms with Crippen molar-refractivity contribution in [1.29, 1.82) is 0 Å². The molecule has 0 aliphatic heterocycles. The van der Waals surface area contributed by atoms with E-state index in [4.69, 9.17) is 11.2 Å². The number of rotatable bonds is 11. The second-order valence-electron chi connectivity index (χ2n) is 11.8. The molecule has 2 amide bonds. The Morgan fingerprint density at radius 2 is 1.65 bits per heavy atom. The van der Waals surface area contributed by atoms with Gasteiger partial charge in [0.2, 0.25) is 0 Å². The van der Waals surface area contributed by atoms with Crippen LogP contribution in [-0.4, -0.2) is 20.6 Å². The highest BCUT2D eigenvalue weighted by atomic mass is 16.5. The number of aromatic nitrogens is 3. The van der Waals surface area contributed by atoms with Crippen LogP contribution in [0.25, 0.3) is 22.2 Å². The third kappa shape index (κ3) is 7.10. The molecule has 0 saturated carbocycles. The normalized spacial score (nSPS) is 11.1. The zero-order valence-electron chi connectivity index (χ0n) is 26.7. The van der Waals surface area contributed by atoms with Crippen molar-refractivity contribution in [3.05, 3.63) is 112 Å². The summed E-state index contributed by atoms with van der Waals surface area (Å²) >= 11 is 0. The molecule has 3 heterocycles. The van der Waals surface area contributed by atoms with Gasteiger partial charge in [0.1, 0.15) is 23.7 Å². The predicted octanol–water partition coefficient (Wildman–Crippen LogP) is 8.34. The summed E-state index contributed by atoms with van der Waals surface area (Å²) in [6, 6.07) is 20.6. The third-order valence-corrected chi connectivity index (χ3v) is 7.82. The summed E-state index contributed by atoms with van der Waals surface area (Å²) in [7, 11) is 0. The Kier molecular flexibility index (Phi) is 10.1. The van der Waals surface area contributed by atoms with Crippen LogP contribution in [0.15, 0.2) is 90.1 Å². The summed E-state index contributed by atoms with van der Waals surface area (Å²) in [6.07, 6.45) is 11.7. The summed E-state index contributed by atoms with van der Waals surface area (Å²) < 4.78 is 7.69. The van der Waals surface area contributed by atoms with Gasteiger partial charge in [-0.05, 0) is 65.3 Å². The number of anilines is 2. The maximum atomic E-state index is 14.3. The zero-order valence-corrected chi connectivity index (χ0v) is 26.7. The van der Waals surface area contributed by atoms with Crippen LogP contribution in [0.3, 0.4) is 0 Å². The number of hydrogen-bond donors (Lipinski definition) is 2. The van der Waals surface area contributed by atoms with Crippen molar-refractivity contribution in [2.24, 2.45) is 0 Å². The van der Waals surface area contributed by atoms with Crippen LogP contribution in [-0.2, 0) is 13.2 Å². The van der Waals surface area contributed by atoms with Crippen LogP contribution in [0.1, 0.15) is 69.1 Å². The molecule has 8 nitrogen and oxygen atoms in total. The fourth-order valence-electron chi connectivity index (χ4n) is 5.59. The second-order valence-corrected chi connectivity index (χ2v) is 11.8. The number of carbonyl (C=O) groups excluding carboxylic acids is 1. The maximum absolute atomic E-state index is 14.3. The van der Waals surface area contributed by atoms with E-state index < -0.39 is 6.03 Å². The Balaban J connectivity index is 1.61. The summed E-state index contributed by atoms with van der Waals surface area (Å²) in [4.78, 5) is 36.9. The van der Waals surface area contributed by atoms with Gasteiger partial charge in [-0.2, -0.15) is 0 Å². The number of fused-ring (bicyclic) bond motifs is 1. The molecule has 46 heavy (non-hydrogen) atoms. The Labute approximate surface area is 269 Å². The zero-order chi connectivity index (χ0) is 32.6. The molecule has 5 aromatic rings. The lowest BCUT2D eigenvalue weighted by Crippen LogP contribution is -2.30. The smallest absolute Gasteiger partial charge is 0.323 e. The van der Waals surface area contributed by atoms with Crippen LogP contribution in [0.2, 0.25) is 0 Å². The van der Waals surface area contributed by atoms with Crippen molar-refractivity contribution in [1.82, 2.24) is 14.5 Å². The van der Waals surface area contributed by atoms with Gasteiger partial charge in [0.15, 0.2) is 0 Å². The molecular formula is C38H39N5O3. The van der Waals surface area contributed by atoms with Gasteiger partial charge in [-0.15, -0.1) is 12.3 Å². The fourth-order valence-corrected chi connectivity index (χ4v) is 5.59. The van der Waals surface area contributed by atoms with Gasteiger partial charge in [-0.1, -0.05) is 64.1 Å². The first-order chi connectivity index (χ1) is 22.3. The summed E-state index contributed by atoms with van der Waals surface area (Å²) in [5.41, 5.74) is 5.29. The van der Waals surface area contributed by atoms with Gasteiger partial charge in [-0.3, -0.25) is 14.3 Å². The van der Waals surface area contributed by atoms with E-state index in [1.54, 1.807) is 23.2 Å². The van der Waals surface area contributed by atoms with E-state index in [0.717, 1.165) is 22.4 Å². The molecule has 2 aromatic carbocycles. The first-order valence-corrected chi connectivity index (χ1v) is 15.6. The number of amides is 2. The topological polar surface area (TPSA) is 98.1 Å². The summed E-state index contributed by atoms with van der Waals surface area (Å²) in [6.45, 7) is 9.06. The maximum Gasteiger partial charge on any atom is 0.323 e. The molecule has 0 aliphatic carbocycles. The number of terminal acetylenes is 1. The Morgan fingerprint density at radius 3 is 2.35 bits per heavy atom. The first kappa shape index (κ1) is 32.0. The number of pyridine rings is 3. The number of nitrogens with one attached hydrogen (secondary N) is 2. The molecule has 0 spiro atoms. The van der Waals surface area contributed by atoms with E-state index in [0.29, 0.717) is 53.9 Å². The number of hydrogen-bond acceptors (Lipinski definition) is 5. The number of urea groups is 1. The second kappa shape index (κ2) is 14.6. The quantitative estimate of drug-likeness (QED) is 0.115.